The molecule has 2 rings (SSSR count). The van der Waals surface area contributed by atoms with E-state index in [2.05, 4.69) is 9.97 Å². The van der Waals surface area contributed by atoms with Gasteiger partial charge in [0.1, 0.15) is 0 Å². The molecule has 74 valence electrons. The van der Waals surface area contributed by atoms with Gasteiger partial charge in [-0.05, 0) is 24.3 Å². The van der Waals surface area contributed by atoms with Gasteiger partial charge in [0.2, 0.25) is 0 Å². The molecule has 2 aromatic rings. The molecular formula is C10H8Cl2N2Zn. The smallest absolute Gasteiger partial charge is 1.00 e. The topological polar surface area (TPSA) is 25.8 Å². The number of pyridine rings is 2. The summed E-state index contributed by atoms with van der Waals surface area (Å²) >= 11 is 0. The summed E-state index contributed by atoms with van der Waals surface area (Å²) in [5.41, 5.74) is 1.83. The van der Waals surface area contributed by atoms with Crippen LogP contribution in [-0.4, -0.2) is 9.97 Å². The molecule has 0 spiro atoms. The van der Waals surface area contributed by atoms with Gasteiger partial charge in [-0.15, -0.1) is 0 Å². The molecule has 0 atom stereocenters. The Morgan fingerprint density at radius 3 is 1.33 bits per heavy atom. The molecule has 0 fully saturated rings. The van der Waals surface area contributed by atoms with Crippen LogP contribution in [0.5, 0.6) is 0 Å². The van der Waals surface area contributed by atoms with Gasteiger partial charge in [-0.3, -0.25) is 9.97 Å². The minimum absolute atomic E-state index is 0. The van der Waals surface area contributed by atoms with E-state index in [0.717, 1.165) is 11.4 Å². The van der Waals surface area contributed by atoms with E-state index in [0.29, 0.717) is 0 Å². The van der Waals surface area contributed by atoms with Crippen molar-refractivity contribution in [1.29, 1.82) is 0 Å². The zero-order valence-electron chi connectivity index (χ0n) is 7.98. The number of rotatable bonds is 1. The molecule has 0 saturated heterocycles. The third-order valence-electron chi connectivity index (χ3n) is 1.59. The van der Waals surface area contributed by atoms with Crippen LogP contribution in [0.1, 0.15) is 0 Å². The third-order valence-corrected chi connectivity index (χ3v) is 1.59. The zero-order valence-corrected chi connectivity index (χ0v) is 12.5. The summed E-state index contributed by atoms with van der Waals surface area (Å²) in [6, 6.07) is 11.6. The molecule has 15 heavy (non-hydrogen) atoms. The van der Waals surface area contributed by atoms with Crippen LogP contribution in [0.15, 0.2) is 48.8 Å². The first-order valence-electron chi connectivity index (χ1n) is 3.79. The van der Waals surface area contributed by atoms with Crippen molar-refractivity contribution in [3.63, 3.8) is 0 Å². The van der Waals surface area contributed by atoms with Gasteiger partial charge >= 0.3 is 19.5 Å². The Hall–Kier alpha value is -0.497. The van der Waals surface area contributed by atoms with Crippen molar-refractivity contribution in [3.05, 3.63) is 48.8 Å². The van der Waals surface area contributed by atoms with Crippen LogP contribution < -0.4 is 24.8 Å². The zero-order chi connectivity index (χ0) is 8.23. The van der Waals surface area contributed by atoms with Crippen LogP contribution in [0.4, 0.5) is 0 Å². The second-order valence-corrected chi connectivity index (χ2v) is 2.43. The number of aromatic nitrogens is 2. The first-order valence-corrected chi connectivity index (χ1v) is 3.79. The minimum Gasteiger partial charge on any atom is -1.00 e. The second kappa shape index (κ2) is 8.78. The molecule has 5 heteroatoms. The number of hydrogen-bond donors (Lipinski definition) is 0. The van der Waals surface area contributed by atoms with E-state index in [-0.39, 0.29) is 44.3 Å². The molecule has 0 N–H and O–H groups in total. The Morgan fingerprint density at radius 2 is 1.07 bits per heavy atom. The predicted molar refractivity (Wildman–Crippen MR) is 47.5 cm³/mol. The number of nitrogens with zero attached hydrogens (tertiary/aromatic N) is 2. The van der Waals surface area contributed by atoms with Crippen molar-refractivity contribution in [2.75, 3.05) is 0 Å². The van der Waals surface area contributed by atoms with Gasteiger partial charge in [0.25, 0.3) is 0 Å². The summed E-state index contributed by atoms with van der Waals surface area (Å²) in [5, 5.41) is 0. The molecular weight excluding hydrogens is 284 g/mol. The van der Waals surface area contributed by atoms with Crippen LogP contribution in [0.3, 0.4) is 0 Å². The molecule has 0 bridgehead atoms. The van der Waals surface area contributed by atoms with Gasteiger partial charge in [-0.2, -0.15) is 0 Å². The molecule has 0 aliphatic rings. The van der Waals surface area contributed by atoms with Gasteiger partial charge in [0, 0.05) is 12.4 Å². The summed E-state index contributed by atoms with van der Waals surface area (Å²) in [6.07, 6.45) is 3.54. The first kappa shape index (κ1) is 16.9. The molecule has 2 heterocycles. The standard InChI is InChI=1S/C10H8N2.2ClH.Zn/c1-3-7-11-9(5-1)10-6-2-4-8-12-10;;;/h1-8H;2*1H;/q;;;+2/p-2. The molecule has 0 aromatic carbocycles. The average molecular weight is 292 g/mol. The van der Waals surface area contributed by atoms with Crippen molar-refractivity contribution < 1.29 is 44.3 Å². The van der Waals surface area contributed by atoms with Crippen LogP contribution in [0.25, 0.3) is 11.4 Å². The Kier molecular flexibility index (Phi) is 9.90. The maximum absolute atomic E-state index is 4.19. The molecule has 0 aliphatic carbocycles. The third kappa shape index (κ3) is 4.70. The van der Waals surface area contributed by atoms with Crippen LogP contribution in [0.2, 0.25) is 0 Å². The summed E-state index contributed by atoms with van der Waals surface area (Å²) in [5.74, 6) is 0. The second-order valence-electron chi connectivity index (χ2n) is 2.43. The van der Waals surface area contributed by atoms with Crippen LogP contribution >= 0.6 is 0 Å². The molecule has 0 aliphatic heterocycles. The Morgan fingerprint density at radius 1 is 0.667 bits per heavy atom. The normalized spacial score (nSPS) is 7.73. The fourth-order valence-electron chi connectivity index (χ4n) is 1.03. The molecule has 0 radical (unpaired) electrons. The van der Waals surface area contributed by atoms with E-state index in [1.807, 2.05) is 36.4 Å². The average Bonchev–Trinajstić information content (AvgIpc) is 2.21. The fourth-order valence-corrected chi connectivity index (χ4v) is 1.03. The van der Waals surface area contributed by atoms with Gasteiger partial charge in [0.05, 0.1) is 11.4 Å². The monoisotopic (exact) mass is 290 g/mol. The van der Waals surface area contributed by atoms with Crippen molar-refractivity contribution in [1.82, 2.24) is 9.97 Å². The van der Waals surface area contributed by atoms with E-state index in [4.69, 9.17) is 0 Å². The summed E-state index contributed by atoms with van der Waals surface area (Å²) < 4.78 is 0. The van der Waals surface area contributed by atoms with E-state index in [9.17, 15) is 0 Å². The quantitative estimate of drug-likeness (QED) is 0.503. The SMILES string of the molecule is [Cl-].[Cl-].[Zn+2].c1ccc(-c2ccccn2)nc1. The van der Waals surface area contributed by atoms with Gasteiger partial charge in [-0.25, -0.2) is 0 Å². The van der Waals surface area contributed by atoms with Gasteiger partial charge in [0.15, 0.2) is 0 Å². The summed E-state index contributed by atoms with van der Waals surface area (Å²) in [4.78, 5) is 8.37. The number of hydrogen-bond acceptors (Lipinski definition) is 2. The van der Waals surface area contributed by atoms with E-state index in [1.165, 1.54) is 0 Å². The minimum atomic E-state index is 0. The molecule has 0 unspecified atom stereocenters. The van der Waals surface area contributed by atoms with Crippen molar-refractivity contribution >= 4 is 0 Å². The summed E-state index contributed by atoms with van der Waals surface area (Å²) in [6.45, 7) is 0. The Bertz CT molecular complexity index is 319. The van der Waals surface area contributed by atoms with Gasteiger partial charge in [-0.1, -0.05) is 12.1 Å². The largest absolute Gasteiger partial charge is 2.00 e. The van der Waals surface area contributed by atoms with Crippen molar-refractivity contribution in [2.45, 2.75) is 0 Å². The fraction of sp³-hybridized carbons (Fsp3) is 0. The first-order chi connectivity index (χ1) is 5.97. The molecule has 0 saturated carbocycles. The molecule has 0 amide bonds. The summed E-state index contributed by atoms with van der Waals surface area (Å²) in [7, 11) is 0. The van der Waals surface area contributed by atoms with E-state index < -0.39 is 0 Å². The van der Waals surface area contributed by atoms with E-state index >= 15 is 0 Å². The van der Waals surface area contributed by atoms with Crippen LogP contribution in [0, 0.1) is 0 Å². The Labute approximate surface area is 114 Å². The Balaban J connectivity index is 0. The number of halogens is 2. The maximum atomic E-state index is 4.19. The van der Waals surface area contributed by atoms with Gasteiger partial charge < -0.3 is 24.8 Å². The van der Waals surface area contributed by atoms with Crippen molar-refractivity contribution in [2.24, 2.45) is 0 Å². The predicted octanol–water partition coefficient (Wildman–Crippen LogP) is -3.85. The van der Waals surface area contributed by atoms with E-state index in [1.54, 1.807) is 12.4 Å². The molecule has 2 aromatic heterocycles. The van der Waals surface area contributed by atoms with Crippen LogP contribution in [-0.2, 0) is 19.5 Å². The molecule has 2 nitrogen and oxygen atoms in total. The van der Waals surface area contributed by atoms with Crippen molar-refractivity contribution in [3.8, 4) is 11.4 Å². The maximum Gasteiger partial charge on any atom is 2.00 e.